The van der Waals surface area contributed by atoms with E-state index in [1.54, 1.807) is 0 Å². The van der Waals surface area contributed by atoms with Crippen molar-refractivity contribution in [2.45, 2.75) is 0 Å². The van der Waals surface area contributed by atoms with Crippen molar-refractivity contribution in [3.63, 3.8) is 0 Å². The van der Waals surface area contributed by atoms with E-state index < -0.39 is 0 Å². The van der Waals surface area contributed by atoms with Crippen LogP contribution in [0, 0.1) is 0 Å². The standard InChI is InChI=1S/C54H34/c1-3-15-35(16-4-1)36-29-31-38(32-30-36)41-22-9-10-23-44(41)52-47-25-12-11-24-46(47)50(39-18-5-2-6-19-39)53-48-28-14-27-45-43(33-34-49(51(45)48)54(52)53)42-26-13-20-37-17-7-8-21-40(37)42/h1-34H. The highest BCUT2D eigenvalue weighted by molar-refractivity contribution is 6.29. The molecule has 1 aliphatic carbocycles. The fourth-order valence-electron chi connectivity index (χ4n) is 9.11. The SMILES string of the molecule is c1ccc(-c2ccc(-c3ccccc3-c3c4c(c(-c5ccccc5)c5ccccc35)-c3cccc5c(-c6cccc7ccccc67)ccc-4c35)cc2)cc1. The molecule has 0 fully saturated rings. The van der Waals surface area contributed by atoms with Gasteiger partial charge in [0.15, 0.2) is 0 Å². The van der Waals surface area contributed by atoms with Crippen molar-refractivity contribution in [2.24, 2.45) is 0 Å². The normalized spacial score (nSPS) is 11.7. The third-order valence-corrected chi connectivity index (χ3v) is 11.4. The molecule has 0 amide bonds. The fraction of sp³-hybridized carbons (Fsp3) is 0. The Kier molecular flexibility index (Phi) is 6.97. The van der Waals surface area contributed by atoms with Crippen LogP contribution < -0.4 is 0 Å². The molecule has 1 aliphatic rings. The summed E-state index contributed by atoms with van der Waals surface area (Å²) < 4.78 is 0. The summed E-state index contributed by atoms with van der Waals surface area (Å²) in [5, 5.41) is 7.69. The first-order valence-corrected chi connectivity index (χ1v) is 18.8. The Bertz CT molecular complexity index is 3060. The molecule has 0 aromatic heterocycles. The lowest BCUT2D eigenvalue weighted by molar-refractivity contribution is 1.58. The number of hydrogen-bond donors (Lipinski definition) is 0. The van der Waals surface area contributed by atoms with Gasteiger partial charge in [-0.25, -0.2) is 0 Å². The predicted octanol–water partition coefficient (Wildman–Crippen LogP) is 15.1. The first-order chi connectivity index (χ1) is 26.8. The van der Waals surface area contributed by atoms with Crippen LogP contribution in [0.25, 0.3) is 110 Å². The number of benzene rings is 10. The Balaban J connectivity index is 1.23. The summed E-state index contributed by atoms with van der Waals surface area (Å²) in [6, 6.07) is 75.9. The lowest BCUT2D eigenvalue weighted by Gasteiger charge is -2.22. The summed E-state index contributed by atoms with van der Waals surface area (Å²) in [6.07, 6.45) is 0. The molecule has 0 heterocycles. The summed E-state index contributed by atoms with van der Waals surface area (Å²) >= 11 is 0. The van der Waals surface area contributed by atoms with Gasteiger partial charge in [-0.1, -0.05) is 206 Å². The monoisotopic (exact) mass is 682 g/mol. The Labute approximate surface area is 315 Å². The predicted molar refractivity (Wildman–Crippen MR) is 231 cm³/mol. The zero-order chi connectivity index (χ0) is 35.6. The van der Waals surface area contributed by atoms with Crippen molar-refractivity contribution < 1.29 is 0 Å². The molecule has 0 aliphatic heterocycles. The molecule has 0 atom stereocenters. The maximum Gasteiger partial charge on any atom is -0.000719 e. The van der Waals surface area contributed by atoms with Crippen molar-refractivity contribution in [1.29, 1.82) is 0 Å². The van der Waals surface area contributed by atoms with Gasteiger partial charge >= 0.3 is 0 Å². The smallest absolute Gasteiger partial charge is 0.000719 e. The van der Waals surface area contributed by atoms with E-state index in [-0.39, 0.29) is 0 Å². The summed E-state index contributed by atoms with van der Waals surface area (Å²) in [4.78, 5) is 0. The zero-order valence-electron chi connectivity index (χ0n) is 29.6. The van der Waals surface area contributed by atoms with Gasteiger partial charge in [-0.3, -0.25) is 0 Å². The molecular weight excluding hydrogens is 649 g/mol. The van der Waals surface area contributed by atoms with E-state index in [9.17, 15) is 0 Å². The quantitative estimate of drug-likeness (QED) is 0.169. The minimum atomic E-state index is 1.21. The van der Waals surface area contributed by atoms with Gasteiger partial charge < -0.3 is 0 Å². The first kappa shape index (κ1) is 30.6. The van der Waals surface area contributed by atoms with Crippen LogP contribution in [0.5, 0.6) is 0 Å². The Hall–Kier alpha value is -7.02. The summed E-state index contributed by atoms with van der Waals surface area (Å²) in [7, 11) is 0. The van der Waals surface area contributed by atoms with Gasteiger partial charge in [0, 0.05) is 0 Å². The molecule has 0 radical (unpaired) electrons. The first-order valence-electron chi connectivity index (χ1n) is 18.8. The molecule has 0 nitrogen and oxygen atoms in total. The molecule has 250 valence electrons. The molecule has 0 N–H and O–H groups in total. The van der Waals surface area contributed by atoms with Crippen LogP contribution in [0.3, 0.4) is 0 Å². The van der Waals surface area contributed by atoms with Crippen LogP contribution in [0.1, 0.15) is 0 Å². The maximum absolute atomic E-state index is 2.40. The molecule has 0 spiro atoms. The van der Waals surface area contributed by atoms with Crippen LogP contribution in [-0.2, 0) is 0 Å². The highest BCUT2D eigenvalue weighted by Gasteiger charge is 2.32. The Morgan fingerprint density at radius 1 is 0.185 bits per heavy atom. The second-order valence-electron chi connectivity index (χ2n) is 14.3. The largest absolute Gasteiger partial charge is 0.0622 e. The van der Waals surface area contributed by atoms with Crippen molar-refractivity contribution in [3.05, 3.63) is 206 Å². The number of rotatable bonds is 5. The molecular formula is C54H34. The van der Waals surface area contributed by atoms with E-state index in [1.165, 1.54) is 110 Å². The zero-order valence-corrected chi connectivity index (χ0v) is 29.6. The van der Waals surface area contributed by atoms with Crippen LogP contribution in [0.15, 0.2) is 206 Å². The lowest BCUT2D eigenvalue weighted by atomic mass is 9.81. The highest BCUT2D eigenvalue weighted by Crippen LogP contribution is 2.59. The maximum atomic E-state index is 2.40. The van der Waals surface area contributed by atoms with Gasteiger partial charge in [0.1, 0.15) is 0 Å². The second-order valence-corrected chi connectivity index (χ2v) is 14.3. The summed E-state index contributed by atoms with van der Waals surface area (Å²) in [5.74, 6) is 0. The van der Waals surface area contributed by atoms with Crippen LogP contribution in [-0.4, -0.2) is 0 Å². The van der Waals surface area contributed by atoms with Crippen LogP contribution in [0.2, 0.25) is 0 Å². The van der Waals surface area contributed by atoms with Gasteiger partial charge in [-0.15, -0.1) is 0 Å². The second kappa shape index (κ2) is 12.3. The van der Waals surface area contributed by atoms with Crippen molar-refractivity contribution in [3.8, 4) is 77.9 Å². The molecule has 0 heteroatoms. The molecule has 0 unspecified atom stereocenters. The number of hydrogen-bond acceptors (Lipinski definition) is 0. The number of fused-ring (bicyclic) bond motifs is 5. The van der Waals surface area contributed by atoms with E-state index in [2.05, 4.69) is 206 Å². The van der Waals surface area contributed by atoms with Crippen molar-refractivity contribution in [2.75, 3.05) is 0 Å². The third-order valence-electron chi connectivity index (χ3n) is 11.4. The molecule has 0 saturated carbocycles. The minimum Gasteiger partial charge on any atom is -0.0622 e. The van der Waals surface area contributed by atoms with E-state index in [0.29, 0.717) is 0 Å². The molecule has 10 aromatic carbocycles. The average molecular weight is 683 g/mol. The molecule has 0 bridgehead atoms. The Morgan fingerprint density at radius 3 is 1.41 bits per heavy atom. The molecule has 54 heavy (non-hydrogen) atoms. The van der Waals surface area contributed by atoms with Gasteiger partial charge in [0.2, 0.25) is 0 Å². The van der Waals surface area contributed by atoms with Crippen molar-refractivity contribution >= 4 is 32.3 Å². The summed E-state index contributed by atoms with van der Waals surface area (Å²) in [6.45, 7) is 0. The minimum absolute atomic E-state index is 1.21. The lowest BCUT2D eigenvalue weighted by Crippen LogP contribution is -1.95. The fourth-order valence-corrected chi connectivity index (χ4v) is 9.11. The van der Waals surface area contributed by atoms with Crippen LogP contribution >= 0.6 is 0 Å². The van der Waals surface area contributed by atoms with Gasteiger partial charge in [-0.2, -0.15) is 0 Å². The van der Waals surface area contributed by atoms with Gasteiger partial charge in [0.25, 0.3) is 0 Å². The van der Waals surface area contributed by atoms with E-state index in [4.69, 9.17) is 0 Å². The van der Waals surface area contributed by atoms with E-state index in [1.807, 2.05) is 0 Å². The van der Waals surface area contributed by atoms with Gasteiger partial charge in [0.05, 0.1) is 0 Å². The average Bonchev–Trinajstić information content (AvgIpc) is 3.58. The molecule has 11 rings (SSSR count). The van der Waals surface area contributed by atoms with Crippen molar-refractivity contribution in [1.82, 2.24) is 0 Å². The van der Waals surface area contributed by atoms with E-state index in [0.717, 1.165) is 0 Å². The van der Waals surface area contributed by atoms with Crippen LogP contribution in [0.4, 0.5) is 0 Å². The summed E-state index contributed by atoms with van der Waals surface area (Å²) in [5.41, 5.74) is 17.7. The van der Waals surface area contributed by atoms with E-state index >= 15 is 0 Å². The third kappa shape index (κ3) is 4.64. The van der Waals surface area contributed by atoms with Gasteiger partial charge in [-0.05, 0) is 110 Å². The Morgan fingerprint density at radius 2 is 0.630 bits per heavy atom. The topological polar surface area (TPSA) is 0 Å². The highest BCUT2D eigenvalue weighted by atomic mass is 14.3. The molecule has 0 saturated heterocycles. The molecule has 10 aromatic rings.